The van der Waals surface area contributed by atoms with Crippen LogP contribution >= 0.6 is 22.7 Å². The molecule has 2 aliphatic heterocycles. The van der Waals surface area contributed by atoms with E-state index < -0.39 is 0 Å². The fourth-order valence-corrected chi connectivity index (χ4v) is 14.4. The highest BCUT2D eigenvalue weighted by atomic mass is 32.1. The normalized spacial score (nSPS) is 13.3. The third-order valence-corrected chi connectivity index (χ3v) is 16.9. The first-order valence-corrected chi connectivity index (χ1v) is 24.2. The summed E-state index contributed by atoms with van der Waals surface area (Å²) in [5.41, 5.74) is 11.6. The first kappa shape index (κ1) is 36.0. The molecular weight excluding hydrogens is 824 g/mol. The molecule has 302 valence electrons. The summed E-state index contributed by atoms with van der Waals surface area (Å²) in [5.74, 6) is 0. The molecule has 11 aromatic carbocycles. The average molecular weight is 861 g/mol. The Morgan fingerprint density at radius 3 is 1.29 bits per heavy atom. The molecule has 0 aliphatic carbocycles. The molecule has 65 heavy (non-hydrogen) atoms. The van der Waals surface area contributed by atoms with Crippen molar-refractivity contribution in [2.45, 2.75) is 13.8 Å². The molecule has 0 atom stereocenters. The number of anilines is 6. The Morgan fingerprint density at radius 2 is 0.738 bits per heavy atom. The second-order valence-corrected chi connectivity index (χ2v) is 20.1. The first-order valence-electron chi connectivity index (χ1n) is 22.5. The quantitative estimate of drug-likeness (QED) is 0.126. The third-order valence-electron chi connectivity index (χ3n) is 14.5. The van der Waals surface area contributed by atoms with E-state index in [0.717, 1.165) is 0 Å². The van der Waals surface area contributed by atoms with Gasteiger partial charge in [0.25, 0.3) is 6.71 Å². The van der Waals surface area contributed by atoms with E-state index in [4.69, 9.17) is 0 Å². The van der Waals surface area contributed by atoms with Crippen molar-refractivity contribution in [1.29, 1.82) is 0 Å². The number of fused-ring (bicyclic) bond motifs is 20. The van der Waals surface area contributed by atoms with Gasteiger partial charge in [0.1, 0.15) is 0 Å². The van der Waals surface area contributed by atoms with Crippen LogP contribution in [0.1, 0.15) is 11.1 Å². The van der Waals surface area contributed by atoms with Crippen molar-refractivity contribution < 1.29 is 0 Å². The topological polar surface area (TPSA) is 6.48 Å². The Morgan fingerprint density at radius 1 is 0.323 bits per heavy atom. The average Bonchev–Trinajstić information content (AvgIpc) is 3.92. The van der Waals surface area contributed by atoms with Crippen molar-refractivity contribution in [1.82, 2.24) is 0 Å². The standard InChI is InChI=1S/C60H37BN2S2/c1-34-25-29-53-48(31-34)56-59(64-53)62(36-27-28-44-39-15-4-3-13-37(39)38-14-6-8-19-43(38)47(44)33-36)51-23-12-24-52-58(51)61(56)57-49-32-35(2)26-30-54(49)65-60(57)63(52)50-22-11-21-46-42-17-7-5-16-40(42)41-18-9-10-20-45(41)55(46)50/h3-33H,1-2H3. The van der Waals surface area contributed by atoms with Gasteiger partial charge in [-0.1, -0.05) is 157 Å². The van der Waals surface area contributed by atoms with E-state index in [9.17, 15) is 0 Å². The smallest absolute Gasteiger partial charge is 0.256 e. The zero-order valence-corrected chi connectivity index (χ0v) is 37.3. The van der Waals surface area contributed by atoms with Crippen LogP contribution in [0.3, 0.4) is 0 Å². The second-order valence-electron chi connectivity index (χ2n) is 18.1. The van der Waals surface area contributed by atoms with Gasteiger partial charge in [-0.2, -0.15) is 0 Å². The fraction of sp³-hybridized carbons (Fsp3) is 0.0333. The molecule has 0 saturated carbocycles. The number of hydrogen-bond donors (Lipinski definition) is 0. The van der Waals surface area contributed by atoms with Gasteiger partial charge in [0.15, 0.2) is 0 Å². The molecule has 2 aromatic heterocycles. The van der Waals surface area contributed by atoms with Crippen molar-refractivity contribution in [2.24, 2.45) is 0 Å². The molecule has 0 unspecified atom stereocenters. The molecule has 0 bridgehead atoms. The fourth-order valence-electron chi connectivity index (χ4n) is 11.9. The highest BCUT2D eigenvalue weighted by molar-refractivity contribution is 7.29. The first-order chi connectivity index (χ1) is 32.1. The summed E-state index contributed by atoms with van der Waals surface area (Å²) < 4.78 is 2.65. The zero-order chi connectivity index (χ0) is 42.7. The molecular formula is C60H37BN2S2. The number of aryl methyl sites for hydroxylation is 2. The SMILES string of the molecule is Cc1ccc2sc3c(c2c1)B1c2c(cccc2N(c2cccc4c5ccccc5c5ccccc5c24)c2sc4ccc(C)cc4c21)N3c1ccc2c3ccccc3c3ccccc3c2c1. The Balaban J connectivity index is 1.09. The lowest BCUT2D eigenvalue weighted by Crippen LogP contribution is -2.60. The van der Waals surface area contributed by atoms with Crippen molar-refractivity contribution in [2.75, 3.05) is 9.80 Å². The van der Waals surface area contributed by atoms with Crippen molar-refractivity contribution in [3.63, 3.8) is 0 Å². The summed E-state index contributed by atoms with van der Waals surface area (Å²) in [5, 5.41) is 20.8. The summed E-state index contributed by atoms with van der Waals surface area (Å²) >= 11 is 3.88. The highest BCUT2D eigenvalue weighted by Gasteiger charge is 2.47. The number of rotatable bonds is 2. The third kappa shape index (κ3) is 4.79. The largest absolute Gasteiger partial charge is 0.303 e. The highest BCUT2D eigenvalue weighted by Crippen LogP contribution is 2.53. The second kappa shape index (κ2) is 13.1. The lowest BCUT2D eigenvalue weighted by atomic mass is 9.33. The maximum Gasteiger partial charge on any atom is 0.256 e. The minimum absolute atomic E-state index is 0.0302. The van der Waals surface area contributed by atoms with Gasteiger partial charge in [0.05, 0.1) is 15.7 Å². The van der Waals surface area contributed by atoms with Gasteiger partial charge >= 0.3 is 0 Å². The van der Waals surface area contributed by atoms with Crippen LogP contribution in [-0.4, -0.2) is 6.71 Å². The maximum absolute atomic E-state index is 2.65. The number of hydrogen-bond acceptors (Lipinski definition) is 4. The van der Waals surface area contributed by atoms with Crippen molar-refractivity contribution in [3.8, 4) is 0 Å². The Hall–Kier alpha value is -7.44. The lowest BCUT2D eigenvalue weighted by Gasteiger charge is -2.42. The minimum Gasteiger partial charge on any atom is -0.303 e. The monoisotopic (exact) mass is 860 g/mol. The molecule has 0 amide bonds. The van der Waals surface area contributed by atoms with Gasteiger partial charge in [-0.3, -0.25) is 0 Å². The summed E-state index contributed by atoms with van der Waals surface area (Å²) in [6.07, 6.45) is 0. The predicted octanol–water partition coefficient (Wildman–Crippen LogP) is 15.7. The van der Waals surface area contributed by atoms with Gasteiger partial charge in [0, 0.05) is 31.8 Å². The summed E-state index contributed by atoms with van der Waals surface area (Å²) in [7, 11) is 0. The van der Waals surface area contributed by atoms with Crippen LogP contribution in [0.2, 0.25) is 0 Å². The van der Waals surface area contributed by atoms with Gasteiger partial charge in [0.2, 0.25) is 0 Å². The van der Waals surface area contributed by atoms with Crippen LogP contribution in [0.15, 0.2) is 188 Å². The Bertz CT molecular complexity index is 4170. The summed E-state index contributed by atoms with van der Waals surface area (Å²) in [4.78, 5) is 5.26. The number of thiophene rings is 2. The van der Waals surface area contributed by atoms with Gasteiger partial charge in [-0.05, 0) is 143 Å². The molecule has 0 radical (unpaired) electrons. The van der Waals surface area contributed by atoms with E-state index in [-0.39, 0.29) is 6.71 Å². The minimum atomic E-state index is 0.0302. The van der Waals surface area contributed by atoms with Gasteiger partial charge in [-0.15, -0.1) is 22.7 Å². The predicted molar refractivity (Wildman–Crippen MR) is 286 cm³/mol. The van der Waals surface area contributed by atoms with Crippen LogP contribution in [0.4, 0.5) is 32.8 Å². The lowest BCUT2D eigenvalue weighted by molar-refractivity contribution is 1.30. The molecule has 0 fully saturated rings. The van der Waals surface area contributed by atoms with E-state index in [1.165, 1.54) is 145 Å². The van der Waals surface area contributed by atoms with Crippen molar-refractivity contribution in [3.05, 3.63) is 199 Å². The molecule has 2 nitrogen and oxygen atoms in total. The molecule has 0 N–H and O–H groups in total. The molecule has 5 heteroatoms. The molecule has 15 rings (SSSR count). The van der Waals surface area contributed by atoms with E-state index >= 15 is 0 Å². The molecule has 0 spiro atoms. The Kier molecular flexibility index (Phi) is 7.23. The maximum atomic E-state index is 2.65. The van der Waals surface area contributed by atoms with E-state index in [1.54, 1.807) is 0 Å². The number of nitrogens with zero attached hydrogens (tertiary/aromatic N) is 2. The number of benzene rings is 11. The van der Waals surface area contributed by atoms with E-state index in [2.05, 4.69) is 212 Å². The van der Waals surface area contributed by atoms with E-state index in [1.807, 2.05) is 22.7 Å². The van der Waals surface area contributed by atoms with Gasteiger partial charge < -0.3 is 9.80 Å². The summed E-state index contributed by atoms with van der Waals surface area (Å²) in [6.45, 7) is 4.52. The van der Waals surface area contributed by atoms with Crippen LogP contribution in [0.25, 0.3) is 84.8 Å². The zero-order valence-electron chi connectivity index (χ0n) is 35.7. The van der Waals surface area contributed by atoms with Crippen molar-refractivity contribution >= 4 is 163 Å². The molecule has 0 saturated heterocycles. The summed E-state index contributed by atoms with van der Waals surface area (Å²) in [6, 6.07) is 71.3. The van der Waals surface area contributed by atoms with Crippen LogP contribution < -0.4 is 26.2 Å². The molecule has 2 aliphatic rings. The van der Waals surface area contributed by atoms with Crippen LogP contribution in [0.5, 0.6) is 0 Å². The van der Waals surface area contributed by atoms with E-state index in [0.29, 0.717) is 0 Å². The Labute approximate surface area is 383 Å². The molecule has 4 heterocycles. The van der Waals surface area contributed by atoms with Crippen LogP contribution in [-0.2, 0) is 0 Å². The van der Waals surface area contributed by atoms with Gasteiger partial charge in [-0.25, -0.2) is 0 Å². The van der Waals surface area contributed by atoms with Crippen LogP contribution in [0, 0.1) is 13.8 Å². The molecule has 13 aromatic rings.